The maximum absolute atomic E-state index is 14.3. The quantitative estimate of drug-likeness (QED) is 0.451. The molecule has 1 unspecified atom stereocenters. The molecule has 4 heterocycles. The molecule has 0 fully saturated rings. The van der Waals surface area contributed by atoms with Crippen LogP contribution in [0.1, 0.15) is 24.2 Å². The SMILES string of the molecule is CC(c1ccnc(-c2ccccc2F)n1)n1nc(-c2cncc(C#N)c2)c2c(N)ncnc21. The van der Waals surface area contributed by atoms with Gasteiger partial charge in [-0.25, -0.2) is 29.0 Å². The third-order valence-corrected chi connectivity index (χ3v) is 5.25. The molecule has 5 aromatic rings. The van der Waals surface area contributed by atoms with Gasteiger partial charge in [0, 0.05) is 24.2 Å². The van der Waals surface area contributed by atoms with Crippen molar-refractivity contribution < 1.29 is 4.39 Å². The van der Waals surface area contributed by atoms with Gasteiger partial charge in [-0.2, -0.15) is 10.4 Å². The number of nitriles is 1. The monoisotopic (exact) mass is 437 g/mol. The average Bonchev–Trinajstić information content (AvgIpc) is 3.25. The van der Waals surface area contributed by atoms with E-state index in [0.29, 0.717) is 39.1 Å². The summed E-state index contributed by atoms with van der Waals surface area (Å²) in [4.78, 5) is 21.4. The largest absolute Gasteiger partial charge is 0.383 e. The molecular weight excluding hydrogens is 421 g/mol. The van der Waals surface area contributed by atoms with Crippen LogP contribution in [0.3, 0.4) is 0 Å². The van der Waals surface area contributed by atoms with Crippen LogP contribution in [0, 0.1) is 17.1 Å². The fourth-order valence-electron chi connectivity index (χ4n) is 3.60. The normalized spacial score (nSPS) is 11.9. The predicted octanol–water partition coefficient (Wildman–Crippen LogP) is 3.55. The Morgan fingerprint density at radius 1 is 1.12 bits per heavy atom. The second kappa shape index (κ2) is 8.05. The third-order valence-electron chi connectivity index (χ3n) is 5.25. The molecule has 0 amide bonds. The van der Waals surface area contributed by atoms with Crippen molar-refractivity contribution in [3.05, 3.63) is 78.4 Å². The first-order chi connectivity index (χ1) is 16.1. The highest BCUT2D eigenvalue weighted by Gasteiger charge is 2.22. The Bertz CT molecular complexity index is 1540. The number of halogens is 1. The molecule has 9 nitrogen and oxygen atoms in total. The Labute approximate surface area is 187 Å². The first-order valence-corrected chi connectivity index (χ1v) is 9.99. The average molecular weight is 437 g/mol. The van der Waals surface area contributed by atoms with Crippen LogP contribution in [0.15, 0.2) is 61.3 Å². The Hall–Kier alpha value is -4.78. The van der Waals surface area contributed by atoms with E-state index in [-0.39, 0.29) is 11.6 Å². The molecule has 160 valence electrons. The van der Waals surface area contributed by atoms with E-state index in [9.17, 15) is 9.65 Å². The number of hydrogen-bond acceptors (Lipinski definition) is 8. The molecule has 1 aromatic carbocycles. The van der Waals surface area contributed by atoms with Gasteiger partial charge < -0.3 is 5.73 Å². The third kappa shape index (κ3) is 3.51. The van der Waals surface area contributed by atoms with Gasteiger partial charge in [0.15, 0.2) is 11.5 Å². The second-order valence-corrected chi connectivity index (χ2v) is 7.29. The Morgan fingerprint density at radius 2 is 1.97 bits per heavy atom. The number of aromatic nitrogens is 7. The summed E-state index contributed by atoms with van der Waals surface area (Å²) >= 11 is 0. The highest BCUT2D eigenvalue weighted by molar-refractivity contribution is 5.98. The summed E-state index contributed by atoms with van der Waals surface area (Å²) in [5.41, 5.74) is 9.10. The molecule has 0 aliphatic carbocycles. The zero-order chi connectivity index (χ0) is 22.9. The van der Waals surface area contributed by atoms with Crippen molar-refractivity contribution in [1.82, 2.24) is 34.7 Å². The van der Waals surface area contributed by atoms with Gasteiger partial charge >= 0.3 is 0 Å². The highest BCUT2D eigenvalue weighted by atomic mass is 19.1. The summed E-state index contributed by atoms with van der Waals surface area (Å²) < 4.78 is 16.0. The van der Waals surface area contributed by atoms with Gasteiger partial charge in [0.1, 0.15) is 29.7 Å². The van der Waals surface area contributed by atoms with Crippen molar-refractivity contribution in [2.24, 2.45) is 0 Å². The van der Waals surface area contributed by atoms with Crippen LogP contribution >= 0.6 is 0 Å². The first-order valence-electron chi connectivity index (χ1n) is 9.99. The van der Waals surface area contributed by atoms with Crippen molar-refractivity contribution >= 4 is 16.9 Å². The highest BCUT2D eigenvalue weighted by Crippen LogP contribution is 2.33. The zero-order valence-corrected chi connectivity index (χ0v) is 17.4. The van der Waals surface area contributed by atoms with Crippen LogP contribution < -0.4 is 5.73 Å². The summed E-state index contributed by atoms with van der Waals surface area (Å²) in [6, 6.07) is 11.4. The molecule has 0 aliphatic rings. The minimum Gasteiger partial charge on any atom is -0.383 e. The van der Waals surface area contributed by atoms with E-state index in [0.717, 1.165) is 0 Å². The smallest absolute Gasteiger partial charge is 0.164 e. The lowest BCUT2D eigenvalue weighted by Crippen LogP contribution is -2.12. The molecule has 0 spiro atoms. The van der Waals surface area contributed by atoms with Crippen LogP contribution in [-0.4, -0.2) is 34.7 Å². The van der Waals surface area contributed by atoms with Crippen molar-refractivity contribution in [2.75, 3.05) is 5.73 Å². The number of nitrogen functional groups attached to an aromatic ring is 1. The molecule has 33 heavy (non-hydrogen) atoms. The van der Waals surface area contributed by atoms with E-state index < -0.39 is 11.9 Å². The molecule has 1 atom stereocenters. The Morgan fingerprint density at radius 3 is 2.79 bits per heavy atom. The van der Waals surface area contributed by atoms with E-state index in [2.05, 4.69) is 31.0 Å². The summed E-state index contributed by atoms with van der Waals surface area (Å²) in [6.07, 6.45) is 6.01. The molecule has 0 bridgehead atoms. The lowest BCUT2D eigenvalue weighted by atomic mass is 10.1. The Kier molecular flexibility index (Phi) is 4.91. The fourth-order valence-corrected chi connectivity index (χ4v) is 3.60. The van der Waals surface area contributed by atoms with Crippen LogP contribution in [0.25, 0.3) is 33.7 Å². The van der Waals surface area contributed by atoms with E-state index in [4.69, 9.17) is 10.8 Å². The van der Waals surface area contributed by atoms with Crippen LogP contribution in [0.5, 0.6) is 0 Å². The standard InChI is InChI=1S/C23H16FN9/c1-13(18-6-7-28-22(31-18)16-4-2-3-5-17(16)24)33-23-19(21(26)29-12-30-23)20(32-33)15-8-14(9-25)10-27-11-15/h2-8,10-13H,1H3,(H2,26,29,30). The zero-order valence-electron chi connectivity index (χ0n) is 17.4. The van der Waals surface area contributed by atoms with Crippen LogP contribution in [0.2, 0.25) is 0 Å². The predicted molar refractivity (Wildman–Crippen MR) is 119 cm³/mol. The maximum Gasteiger partial charge on any atom is 0.164 e. The maximum atomic E-state index is 14.3. The minimum absolute atomic E-state index is 0.255. The van der Waals surface area contributed by atoms with E-state index >= 15 is 0 Å². The van der Waals surface area contributed by atoms with Crippen molar-refractivity contribution in [3.63, 3.8) is 0 Å². The van der Waals surface area contributed by atoms with Gasteiger partial charge in [0.25, 0.3) is 0 Å². The van der Waals surface area contributed by atoms with Gasteiger partial charge in [0.2, 0.25) is 0 Å². The van der Waals surface area contributed by atoms with Gasteiger partial charge in [-0.05, 0) is 31.2 Å². The van der Waals surface area contributed by atoms with Crippen molar-refractivity contribution in [3.8, 4) is 28.7 Å². The van der Waals surface area contributed by atoms with Gasteiger partial charge in [0.05, 0.1) is 28.2 Å². The van der Waals surface area contributed by atoms with E-state index in [1.54, 1.807) is 47.4 Å². The Balaban J connectivity index is 1.66. The molecule has 2 N–H and O–H groups in total. The molecule has 4 aromatic heterocycles. The summed E-state index contributed by atoms with van der Waals surface area (Å²) in [5.74, 6) is 0.124. The molecule has 0 saturated heterocycles. The lowest BCUT2D eigenvalue weighted by molar-refractivity contribution is 0.565. The van der Waals surface area contributed by atoms with E-state index in [1.165, 1.54) is 18.6 Å². The number of pyridine rings is 1. The van der Waals surface area contributed by atoms with Crippen LogP contribution in [0.4, 0.5) is 10.2 Å². The number of hydrogen-bond donors (Lipinski definition) is 1. The fraction of sp³-hybridized carbons (Fsp3) is 0.0870. The summed E-state index contributed by atoms with van der Waals surface area (Å²) in [7, 11) is 0. The molecule has 0 radical (unpaired) electrons. The number of nitrogens with two attached hydrogens (primary N) is 1. The summed E-state index contributed by atoms with van der Waals surface area (Å²) in [5, 5.41) is 14.5. The number of benzene rings is 1. The number of fused-ring (bicyclic) bond motifs is 1. The van der Waals surface area contributed by atoms with Gasteiger partial charge in [-0.3, -0.25) is 4.98 Å². The van der Waals surface area contributed by atoms with Crippen LogP contribution in [-0.2, 0) is 0 Å². The topological polar surface area (TPSA) is 132 Å². The van der Waals surface area contributed by atoms with Crippen molar-refractivity contribution in [2.45, 2.75) is 13.0 Å². The molecule has 5 rings (SSSR count). The second-order valence-electron chi connectivity index (χ2n) is 7.29. The molecule has 0 saturated carbocycles. The molecular formula is C23H16FN9. The molecule has 10 heteroatoms. The number of anilines is 1. The summed E-state index contributed by atoms with van der Waals surface area (Å²) in [6.45, 7) is 1.89. The molecule has 0 aliphatic heterocycles. The van der Waals surface area contributed by atoms with Gasteiger partial charge in [-0.1, -0.05) is 12.1 Å². The van der Waals surface area contributed by atoms with E-state index in [1.807, 2.05) is 6.92 Å². The lowest BCUT2D eigenvalue weighted by Gasteiger charge is -2.13. The number of nitrogens with zero attached hydrogens (tertiary/aromatic N) is 8. The van der Waals surface area contributed by atoms with Crippen molar-refractivity contribution in [1.29, 1.82) is 5.26 Å². The van der Waals surface area contributed by atoms with Gasteiger partial charge in [-0.15, -0.1) is 0 Å². The minimum atomic E-state index is -0.403. The first kappa shape index (κ1) is 20.1. The number of rotatable bonds is 4.